The second-order valence-electron chi connectivity index (χ2n) is 7.56. The Kier molecular flexibility index (Phi) is 5.72. The standard InChI is InChI=1S/C22H21F3N4OS/c23-22(24,25)13-27-11-16-12-31-20(28-16)21(9-10-21)15-7-5-14(6-8-15)19(30)29-18-4-2-1-3-17(18)26/h1-8,12,27H,9-11,13,26H2,(H,29,30). The molecule has 5 nitrogen and oxygen atoms in total. The van der Waals surface area contributed by atoms with Crippen molar-refractivity contribution in [1.82, 2.24) is 10.3 Å². The maximum Gasteiger partial charge on any atom is 0.401 e. The Labute approximate surface area is 181 Å². The minimum absolute atomic E-state index is 0.0772. The van der Waals surface area contributed by atoms with Crippen molar-refractivity contribution in [2.24, 2.45) is 0 Å². The van der Waals surface area contributed by atoms with Gasteiger partial charge < -0.3 is 16.4 Å². The average molecular weight is 446 g/mol. The van der Waals surface area contributed by atoms with Crippen molar-refractivity contribution >= 4 is 28.6 Å². The molecular weight excluding hydrogens is 425 g/mol. The topological polar surface area (TPSA) is 80.0 Å². The lowest BCUT2D eigenvalue weighted by atomic mass is 9.95. The third-order valence-corrected chi connectivity index (χ3v) is 6.35. The first-order chi connectivity index (χ1) is 14.8. The summed E-state index contributed by atoms with van der Waals surface area (Å²) in [4.78, 5) is 17.1. The quantitative estimate of drug-likeness (QED) is 0.459. The molecular formula is C22H21F3N4OS. The highest BCUT2D eigenvalue weighted by Crippen LogP contribution is 2.54. The molecule has 1 aliphatic rings. The van der Waals surface area contributed by atoms with E-state index in [0.717, 1.165) is 23.4 Å². The Balaban J connectivity index is 1.43. The van der Waals surface area contributed by atoms with Gasteiger partial charge in [0.15, 0.2) is 0 Å². The number of rotatable bonds is 7. The number of thiazole rings is 1. The van der Waals surface area contributed by atoms with Crippen LogP contribution in [-0.2, 0) is 12.0 Å². The van der Waals surface area contributed by atoms with Gasteiger partial charge in [0.2, 0.25) is 0 Å². The fourth-order valence-corrected chi connectivity index (χ4v) is 4.54. The molecule has 0 saturated heterocycles. The van der Waals surface area contributed by atoms with Gasteiger partial charge in [0.1, 0.15) is 5.01 Å². The summed E-state index contributed by atoms with van der Waals surface area (Å²) in [5, 5.41) is 7.87. The van der Waals surface area contributed by atoms with Crippen LogP contribution in [0.4, 0.5) is 24.5 Å². The van der Waals surface area contributed by atoms with Crippen molar-refractivity contribution in [2.75, 3.05) is 17.6 Å². The van der Waals surface area contributed by atoms with E-state index in [4.69, 9.17) is 5.73 Å². The molecule has 4 N–H and O–H groups in total. The van der Waals surface area contributed by atoms with Crippen LogP contribution in [0.2, 0.25) is 0 Å². The summed E-state index contributed by atoms with van der Waals surface area (Å²) >= 11 is 1.46. The van der Waals surface area contributed by atoms with Gasteiger partial charge >= 0.3 is 6.18 Å². The Morgan fingerprint density at radius 3 is 2.48 bits per heavy atom. The number of hydrogen-bond acceptors (Lipinski definition) is 5. The van der Waals surface area contributed by atoms with Gasteiger partial charge in [-0.15, -0.1) is 11.3 Å². The van der Waals surface area contributed by atoms with E-state index >= 15 is 0 Å². The normalized spacial score (nSPS) is 14.9. The van der Waals surface area contributed by atoms with Crippen LogP contribution >= 0.6 is 11.3 Å². The molecule has 0 unspecified atom stereocenters. The number of aromatic nitrogens is 1. The van der Waals surface area contributed by atoms with Crippen LogP contribution in [0.25, 0.3) is 0 Å². The molecule has 0 atom stereocenters. The summed E-state index contributed by atoms with van der Waals surface area (Å²) in [7, 11) is 0. The maximum atomic E-state index is 12.5. The molecule has 1 heterocycles. The van der Waals surface area contributed by atoms with Crippen molar-refractivity contribution < 1.29 is 18.0 Å². The van der Waals surface area contributed by atoms with Crippen LogP contribution in [0, 0.1) is 0 Å². The summed E-state index contributed by atoms with van der Waals surface area (Å²) in [6.07, 6.45) is -2.40. The Hall–Kier alpha value is -2.91. The summed E-state index contributed by atoms with van der Waals surface area (Å²) < 4.78 is 36.9. The van der Waals surface area contributed by atoms with E-state index in [0.29, 0.717) is 22.6 Å². The molecule has 0 aliphatic heterocycles. The maximum absolute atomic E-state index is 12.5. The molecule has 3 aromatic rings. The molecule has 0 radical (unpaired) electrons. The first-order valence-corrected chi connectivity index (χ1v) is 10.6. The molecule has 9 heteroatoms. The number of para-hydroxylation sites is 2. The Morgan fingerprint density at radius 1 is 1.13 bits per heavy atom. The average Bonchev–Trinajstić information content (AvgIpc) is 3.41. The third-order valence-electron chi connectivity index (χ3n) is 5.25. The van der Waals surface area contributed by atoms with Gasteiger partial charge in [0, 0.05) is 22.9 Å². The fourth-order valence-electron chi connectivity index (χ4n) is 3.44. The van der Waals surface area contributed by atoms with Crippen molar-refractivity contribution in [1.29, 1.82) is 0 Å². The number of amides is 1. The molecule has 1 aromatic heterocycles. The van der Waals surface area contributed by atoms with E-state index in [2.05, 4.69) is 15.6 Å². The van der Waals surface area contributed by atoms with E-state index in [9.17, 15) is 18.0 Å². The molecule has 162 valence electrons. The molecule has 1 amide bonds. The van der Waals surface area contributed by atoms with Crippen molar-refractivity contribution in [3.05, 3.63) is 75.7 Å². The lowest BCUT2D eigenvalue weighted by molar-refractivity contribution is -0.125. The van der Waals surface area contributed by atoms with Crippen LogP contribution in [0.15, 0.2) is 53.9 Å². The molecule has 0 spiro atoms. The van der Waals surface area contributed by atoms with Crippen LogP contribution in [0.3, 0.4) is 0 Å². The zero-order valence-corrected chi connectivity index (χ0v) is 17.3. The van der Waals surface area contributed by atoms with Crippen LogP contribution in [0.1, 0.15) is 39.5 Å². The number of carbonyl (C=O) groups is 1. The van der Waals surface area contributed by atoms with Crippen molar-refractivity contribution in [3.8, 4) is 0 Å². The number of nitrogens with one attached hydrogen (secondary N) is 2. The summed E-state index contributed by atoms with van der Waals surface area (Å²) in [5.41, 5.74) is 8.88. The number of carbonyl (C=O) groups excluding carboxylic acids is 1. The minimum Gasteiger partial charge on any atom is -0.397 e. The summed E-state index contributed by atoms with van der Waals surface area (Å²) in [6.45, 7) is -0.961. The highest BCUT2D eigenvalue weighted by molar-refractivity contribution is 7.09. The van der Waals surface area contributed by atoms with Gasteiger partial charge in [-0.05, 0) is 42.7 Å². The minimum atomic E-state index is -4.24. The van der Waals surface area contributed by atoms with E-state index in [1.54, 1.807) is 41.8 Å². The fraction of sp³-hybridized carbons (Fsp3) is 0.273. The highest BCUT2D eigenvalue weighted by Gasteiger charge is 2.48. The number of nitrogens with two attached hydrogens (primary N) is 1. The lowest BCUT2D eigenvalue weighted by Crippen LogP contribution is -2.28. The monoisotopic (exact) mass is 446 g/mol. The molecule has 1 fully saturated rings. The lowest BCUT2D eigenvalue weighted by Gasteiger charge is -2.14. The summed E-state index contributed by atoms with van der Waals surface area (Å²) in [5.74, 6) is -0.249. The van der Waals surface area contributed by atoms with Crippen molar-refractivity contribution in [2.45, 2.75) is 31.0 Å². The molecule has 0 bridgehead atoms. The number of nitrogen functional groups attached to an aromatic ring is 1. The number of nitrogens with zero attached hydrogens (tertiary/aromatic N) is 1. The first-order valence-electron chi connectivity index (χ1n) is 9.76. The number of anilines is 2. The smallest absolute Gasteiger partial charge is 0.397 e. The van der Waals surface area contributed by atoms with Gasteiger partial charge in [-0.25, -0.2) is 4.98 Å². The van der Waals surface area contributed by atoms with Gasteiger partial charge in [-0.2, -0.15) is 13.2 Å². The number of hydrogen-bond donors (Lipinski definition) is 3. The predicted molar refractivity (Wildman–Crippen MR) is 115 cm³/mol. The van der Waals surface area contributed by atoms with Gasteiger partial charge in [-0.1, -0.05) is 24.3 Å². The van der Waals surface area contributed by atoms with Crippen molar-refractivity contribution in [3.63, 3.8) is 0 Å². The van der Waals surface area contributed by atoms with E-state index in [-0.39, 0.29) is 17.9 Å². The molecule has 4 rings (SSSR count). The highest BCUT2D eigenvalue weighted by atomic mass is 32.1. The van der Waals surface area contributed by atoms with Gasteiger partial charge in [-0.3, -0.25) is 4.79 Å². The molecule has 1 aliphatic carbocycles. The SMILES string of the molecule is Nc1ccccc1NC(=O)c1ccc(C2(c3nc(CNCC(F)(F)F)cs3)CC2)cc1. The Morgan fingerprint density at radius 2 is 1.84 bits per heavy atom. The van der Waals surface area contributed by atoms with Crippen LogP contribution in [-0.4, -0.2) is 23.6 Å². The molecule has 31 heavy (non-hydrogen) atoms. The van der Waals surface area contributed by atoms with Gasteiger partial charge in [0.05, 0.1) is 23.6 Å². The number of halogens is 3. The van der Waals surface area contributed by atoms with E-state index < -0.39 is 12.7 Å². The largest absolute Gasteiger partial charge is 0.401 e. The second kappa shape index (κ2) is 8.32. The van der Waals surface area contributed by atoms with Crippen LogP contribution in [0.5, 0.6) is 0 Å². The van der Waals surface area contributed by atoms with E-state index in [1.807, 2.05) is 12.1 Å². The number of alkyl halides is 3. The zero-order chi connectivity index (χ0) is 22.1. The first kappa shape index (κ1) is 21.3. The number of benzene rings is 2. The zero-order valence-electron chi connectivity index (χ0n) is 16.5. The molecule has 1 saturated carbocycles. The van der Waals surface area contributed by atoms with E-state index in [1.165, 1.54) is 11.3 Å². The van der Waals surface area contributed by atoms with Gasteiger partial charge in [0.25, 0.3) is 5.91 Å². The Bertz CT molecular complexity index is 1070. The summed E-state index contributed by atoms with van der Waals surface area (Å²) in [6, 6.07) is 14.4. The third kappa shape index (κ3) is 4.88. The second-order valence-corrected chi connectivity index (χ2v) is 8.42. The van der Waals surface area contributed by atoms with Crippen LogP contribution < -0.4 is 16.4 Å². The molecule has 2 aromatic carbocycles. The predicted octanol–water partition coefficient (Wildman–Crippen LogP) is 4.71.